The number of hydrogen-bond acceptors (Lipinski definition) is 3. The van der Waals surface area contributed by atoms with Gasteiger partial charge in [-0.25, -0.2) is 4.79 Å². The standard InChI is InChI=1S/C17H24N4O2/c1-20(12-4-14-21-13-3-11-19-21)17(23)18-10-2-5-15-6-8-16(22)9-7-15/h3,6-9,11,13,22H,2,4-5,10,12,14H2,1H3,(H,18,23). The summed E-state index contributed by atoms with van der Waals surface area (Å²) < 4.78 is 1.86. The Morgan fingerprint density at radius 1 is 1.30 bits per heavy atom. The fourth-order valence-electron chi connectivity index (χ4n) is 2.29. The summed E-state index contributed by atoms with van der Waals surface area (Å²) >= 11 is 0. The maximum atomic E-state index is 12.0. The van der Waals surface area contributed by atoms with Crippen molar-refractivity contribution in [3.8, 4) is 5.75 Å². The number of rotatable bonds is 8. The van der Waals surface area contributed by atoms with Crippen LogP contribution in [0.3, 0.4) is 0 Å². The molecule has 1 heterocycles. The number of aromatic hydroxyl groups is 1. The summed E-state index contributed by atoms with van der Waals surface area (Å²) in [6, 6.07) is 9.01. The minimum absolute atomic E-state index is 0.0452. The molecule has 2 amide bonds. The van der Waals surface area contributed by atoms with Crippen LogP contribution in [0.4, 0.5) is 4.79 Å². The average molecular weight is 316 g/mol. The van der Waals surface area contributed by atoms with E-state index in [1.54, 1.807) is 30.3 Å². The third-order valence-corrected chi connectivity index (χ3v) is 3.64. The van der Waals surface area contributed by atoms with Crippen LogP contribution in [0.5, 0.6) is 5.75 Å². The predicted octanol–water partition coefficient (Wildman–Crippen LogP) is 2.25. The predicted molar refractivity (Wildman–Crippen MR) is 89.3 cm³/mol. The van der Waals surface area contributed by atoms with Crippen LogP contribution in [-0.4, -0.2) is 46.0 Å². The molecule has 23 heavy (non-hydrogen) atoms. The molecule has 0 aliphatic carbocycles. The molecule has 0 saturated carbocycles. The molecule has 0 unspecified atom stereocenters. The second kappa shape index (κ2) is 8.82. The van der Waals surface area contributed by atoms with Crippen LogP contribution in [0.1, 0.15) is 18.4 Å². The van der Waals surface area contributed by atoms with Crippen LogP contribution in [0, 0.1) is 0 Å². The molecule has 2 aromatic rings. The van der Waals surface area contributed by atoms with Gasteiger partial charge < -0.3 is 15.3 Å². The average Bonchev–Trinajstić information content (AvgIpc) is 3.06. The van der Waals surface area contributed by atoms with Gasteiger partial charge in [-0.05, 0) is 43.0 Å². The molecule has 6 nitrogen and oxygen atoms in total. The van der Waals surface area contributed by atoms with Crippen molar-refractivity contribution >= 4 is 6.03 Å². The molecule has 0 spiro atoms. The Bertz CT molecular complexity index is 581. The number of amides is 2. The first-order valence-electron chi connectivity index (χ1n) is 7.89. The lowest BCUT2D eigenvalue weighted by Crippen LogP contribution is -2.38. The molecular formula is C17H24N4O2. The number of urea groups is 1. The smallest absolute Gasteiger partial charge is 0.317 e. The number of nitrogens with one attached hydrogen (secondary N) is 1. The highest BCUT2D eigenvalue weighted by atomic mass is 16.3. The SMILES string of the molecule is CN(CCCn1cccn1)C(=O)NCCCc1ccc(O)cc1. The van der Waals surface area contributed by atoms with Crippen molar-refractivity contribution in [3.05, 3.63) is 48.3 Å². The van der Waals surface area contributed by atoms with Crippen LogP contribution in [-0.2, 0) is 13.0 Å². The highest BCUT2D eigenvalue weighted by Gasteiger charge is 2.07. The van der Waals surface area contributed by atoms with Crippen molar-refractivity contribution in [1.29, 1.82) is 0 Å². The zero-order chi connectivity index (χ0) is 16.5. The van der Waals surface area contributed by atoms with E-state index in [1.807, 2.05) is 29.1 Å². The monoisotopic (exact) mass is 316 g/mol. The van der Waals surface area contributed by atoms with Crippen LogP contribution < -0.4 is 5.32 Å². The fourth-order valence-corrected chi connectivity index (χ4v) is 2.29. The highest BCUT2D eigenvalue weighted by molar-refractivity contribution is 5.73. The van der Waals surface area contributed by atoms with Gasteiger partial charge in [0.15, 0.2) is 0 Å². The summed E-state index contributed by atoms with van der Waals surface area (Å²) in [6.07, 6.45) is 6.30. The lowest BCUT2D eigenvalue weighted by atomic mass is 10.1. The second-order valence-electron chi connectivity index (χ2n) is 5.55. The molecule has 2 N–H and O–H groups in total. The van der Waals surface area contributed by atoms with Crippen molar-refractivity contribution in [2.45, 2.75) is 25.8 Å². The lowest BCUT2D eigenvalue weighted by molar-refractivity contribution is 0.207. The maximum absolute atomic E-state index is 12.0. The molecule has 0 aliphatic rings. The van der Waals surface area contributed by atoms with Gasteiger partial charge in [0.2, 0.25) is 0 Å². The van der Waals surface area contributed by atoms with Gasteiger partial charge in [0.1, 0.15) is 5.75 Å². The normalized spacial score (nSPS) is 10.5. The molecular weight excluding hydrogens is 292 g/mol. The number of hydrogen-bond donors (Lipinski definition) is 2. The molecule has 124 valence electrons. The third kappa shape index (κ3) is 6.02. The Morgan fingerprint density at radius 2 is 2.09 bits per heavy atom. The summed E-state index contributed by atoms with van der Waals surface area (Å²) in [7, 11) is 1.80. The first-order chi connectivity index (χ1) is 11.1. The molecule has 0 atom stereocenters. The van der Waals surface area contributed by atoms with Gasteiger partial charge in [-0.15, -0.1) is 0 Å². The van der Waals surface area contributed by atoms with Crippen LogP contribution in [0.2, 0.25) is 0 Å². The highest BCUT2D eigenvalue weighted by Crippen LogP contribution is 2.10. The van der Waals surface area contributed by atoms with E-state index < -0.39 is 0 Å². The zero-order valence-electron chi connectivity index (χ0n) is 13.5. The van der Waals surface area contributed by atoms with Crippen molar-refractivity contribution in [2.75, 3.05) is 20.1 Å². The number of phenols is 1. The van der Waals surface area contributed by atoms with Crippen molar-refractivity contribution in [3.63, 3.8) is 0 Å². The number of aromatic nitrogens is 2. The topological polar surface area (TPSA) is 70.4 Å². The van der Waals surface area contributed by atoms with Gasteiger partial charge in [-0.3, -0.25) is 4.68 Å². The largest absolute Gasteiger partial charge is 0.508 e. The van der Waals surface area contributed by atoms with E-state index in [1.165, 1.54) is 0 Å². The molecule has 0 fully saturated rings. The van der Waals surface area contributed by atoms with Crippen LogP contribution in [0.25, 0.3) is 0 Å². The van der Waals surface area contributed by atoms with E-state index in [0.717, 1.165) is 31.4 Å². The van der Waals surface area contributed by atoms with Crippen LogP contribution >= 0.6 is 0 Å². The summed E-state index contributed by atoms with van der Waals surface area (Å²) in [6.45, 7) is 2.15. The van der Waals surface area contributed by atoms with E-state index in [4.69, 9.17) is 0 Å². The number of nitrogens with zero attached hydrogens (tertiary/aromatic N) is 3. The lowest BCUT2D eigenvalue weighted by Gasteiger charge is -2.18. The number of benzene rings is 1. The Balaban J connectivity index is 1.57. The van der Waals surface area contributed by atoms with Gasteiger partial charge in [0, 0.05) is 39.1 Å². The van der Waals surface area contributed by atoms with Gasteiger partial charge in [-0.1, -0.05) is 12.1 Å². The van der Waals surface area contributed by atoms with E-state index in [9.17, 15) is 9.90 Å². The van der Waals surface area contributed by atoms with Crippen molar-refractivity contribution < 1.29 is 9.90 Å². The first kappa shape index (κ1) is 16.9. The second-order valence-corrected chi connectivity index (χ2v) is 5.55. The molecule has 2 rings (SSSR count). The molecule has 1 aromatic carbocycles. The number of phenolic OH excluding ortho intramolecular Hbond substituents is 1. The Morgan fingerprint density at radius 3 is 2.78 bits per heavy atom. The Labute approximate surface area is 136 Å². The minimum atomic E-state index is -0.0452. The number of aryl methyl sites for hydroxylation is 2. The Hall–Kier alpha value is -2.50. The van der Waals surface area contributed by atoms with Gasteiger partial charge in [-0.2, -0.15) is 5.10 Å². The molecule has 0 radical (unpaired) electrons. The van der Waals surface area contributed by atoms with Gasteiger partial charge in [0.05, 0.1) is 0 Å². The third-order valence-electron chi connectivity index (χ3n) is 3.64. The van der Waals surface area contributed by atoms with Gasteiger partial charge in [0.25, 0.3) is 0 Å². The fraction of sp³-hybridized carbons (Fsp3) is 0.412. The summed E-state index contributed by atoms with van der Waals surface area (Å²) in [4.78, 5) is 13.6. The van der Waals surface area contributed by atoms with Gasteiger partial charge >= 0.3 is 6.03 Å². The molecule has 0 bridgehead atoms. The minimum Gasteiger partial charge on any atom is -0.508 e. The van der Waals surface area contributed by atoms with Crippen LogP contribution in [0.15, 0.2) is 42.7 Å². The number of carbonyl (C=O) groups is 1. The summed E-state index contributed by atoms with van der Waals surface area (Å²) in [5.41, 5.74) is 1.16. The summed E-state index contributed by atoms with van der Waals surface area (Å²) in [5.74, 6) is 0.277. The summed E-state index contributed by atoms with van der Waals surface area (Å²) in [5, 5.41) is 16.3. The van der Waals surface area contributed by atoms with Crippen molar-refractivity contribution in [1.82, 2.24) is 20.0 Å². The molecule has 1 aromatic heterocycles. The Kier molecular flexibility index (Phi) is 6.47. The number of carbonyl (C=O) groups excluding carboxylic acids is 1. The van der Waals surface area contributed by atoms with E-state index >= 15 is 0 Å². The molecule has 0 aliphatic heterocycles. The van der Waals surface area contributed by atoms with E-state index in [2.05, 4.69) is 10.4 Å². The first-order valence-corrected chi connectivity index (χ1v) is 7.89. The molecule has 0 saturated heterocycles. The maximum Gasteiger partial charge on any atom is 0.317 e. The van der Waals surface area contributed by atoms with E-state index in [0.29, 0.717) is 13.1 Å². The zero-order valence-corrected chi connectivity index (χ0v) is 13.5. The van der Waals surface area contributed by atoms with Crippen molar-refractivity contribution in [2.24, 2.45) is 0 Å². The molecule has 6 heteroatoms. The van der Waals surface area contributed by atoms with E-state index in [-0.39, 0.29) is 11.8 Å². The quantitative estimate of drug-likeness (QED) is 0.734.